The summed E-state index contributed by atoms with van der Waals surface area (Å²) in [5.41, 5.74) is 4.04. The third kappa shape index (κ3) is 2.35. The number of carbonyl (C=O) groups is 1. The molecular formula is C15H12N2OS. The molecule has 3 aromatic rings. The Morgan fingerprint density at radius 3 is 2.68 bits per heavy atom. The van der Waals surface area contributed by atoms with Crippen molar-refractivity contribution in [2.24, 2.45) is 0 Å². The Labute approximate surface area is 114 Å². The molecule has 1 N–H and O–H groups in total. The number of aryl methyl sites for hydroxylation is 1. The average Bonchev–Trinajstić information content (AvgIpc) is 2.83. The molecule has 1 heterocycles. The van der Waals surface area contributed by atoms with Crippen molar-refractivity contribution >= 4 is 33.7 Å². The molecule has 0 radical (unpaired) electrons. The summed E-state index contributed by atoms with van der Waals surface area (Å²) < 4.78 is 1.12. The zero-order valence-electron chi connectivity index (χ0n) is 10.4. The van der Waals surface area contributed by atoms with E-state index < -0.39 is 0 Å². The van der Waals surface area contributed by atoms with E-state index in [4.69, 9.17) is 0 Å². The van der Waals surface area contributed by atoms with Gasteiger partial charge in [0.05, 0.1) is 10.2 Å². The van der Waals surface area contributed by atoms with Crippen molar-refractivity contribution in [2.45, 2.75) is 6.92 Å². The first-order valence-corrected chi connectivity index (χ1v) is 6.76. The highest BCUT2D eigenvalue weighted by atomic mass is 32.1. The minimum atomic E-state index is 0.675. The predicted octanol–water partition coefficient (Wildman–Crippen LogP) is 3.84. The summed E-state index contributed by atoms with van der Waals surface area (Å²) in [4.78, 5) is 15.1. The molecule has 0 saturated carbocycles. The Morgan fingerprint density at radius 1 is 1.16 bits per heavy atom. The maximum Gasteiger partial charge on any atom is 0.211 e. The quantitative estimate of drug-likeness (QED) is 0.733. The van der Waals surface area contributed by atoms with Crippen LogP contribution in [0.3, 0.4) is 0 Å². The molecule has 0 bridgehead atoms. The Kier molecular flexibility index (Phi) is 3.01. The van der Waals surface area contributed by atoms with Crippen LogP contribution in [0.5, 0.6) is 0 Å². The number of amides is 1. The first kappa shape index (κ1) is 11.9. The Morgan fingerprint density at radius 2 is 1.95 bits per heavy atom. The monoisotopic (exact) mass is 268 g/mol. The zero-order valence-corrected chi connectivity index (χ0v) is 11.2. The van der Waals surface area contributed by atoms with Crippen LogP contribution < -0.4 is 5.32 Å². The van der Waals surface area contributed by atoms with Gasteiger partial charge in [-0.05, 0) is 25.1 Å². The molecule has 0 atom stereocenters. The summed E-state index contributed by atoms with van der Waals surface area (Å²) in [6.45, 7) is 2.07. The predicted molar refractivity (Wildman–Crippen MR) is 79.5 cm³/mol. The number of thiazole rings is 1. The number of fused-ring (bicyclic) bond motifs is 1. The molecule has 0 aliphatic heterocycles. The van der Waals surface area contributed by atoms with Gasteiger partial charge >= 0.3 is 0 Å². The summed E-state index contributed by atoms with van der Waals surface area (Å²) in [7, 11) is 0. The summed E-state index contributed by atoms with van der Waals surface area (Å²) >= 11 is 1.66. The minimum absolute atomic E-state index is 0.675. The van der Waals surface area contributed by atoms with E-state index in [0.717, 1.165) is 26.5 Å². The molecular weight excluding hydrogens is 256 g/mol. The summed E-state index contributed by atoms with van der Waals surface area (Å²) in [6, 6.07) is 14.1. The molecule has 94 valence electrons. The highest BCUT2D eigenvalue weighted by molar-refractivity contribution is 7.21. The van der Waals surface area contributed by atoms with Crippen molar-refractivity contribution in [3.05, 3.63) is 48.0 Å². The highest BCUT2D eigenvalue weighted by Gasteiger charge is 2.06. The van der Waals surface area contributed by atoms with Crippen LogP contribution in [0.2, 0.25) is 0 Å². The molecule has 0 saturated heterocycles. The maximum absolute atomic E-state index is 10.4. The lowest BCUT2D eigenvalue weighted by Gasteiger charge is -1.96. The van der Waals surface area contributed by atoms with Gasteiger partial charge < -0.3 is 5.32 Å². The van der Waals surface area contributed by atoms with Gasteiger partial charge in [0.2, 0.25) is 6.41 Å². The lowest BCUT2D eigenvalue weighted by Crippen LogP contribution is -1.92. The van der Waals surface area contributed by atoms with Crippen LogP contribution in [0.25, 0.3) is 20.8 Å². The number of hydrogen-bond donors (Lipinski definition) is 1. The smallest absolute Gasteiger partial charge is 0.211 e. The van der Waals surface area contributed by atoms with E-state index in [9.17, 15) is 4.79 Å². The van der Waals surface area contributed by atoms with Gasteiger partial charge in [-0.15, -0.1) is 11.3 Å². The standard InChI is InChI=1S/C15H12N2OS/c1-10-2-4-11(5-3-10)15-17-13-8-12(16-9-18)6-7-14(13)19-15/h2-9H,1H3,(H,16,18). The van der Waals surface area contributed by atoms with Crippen LogP contribution in [0.4, 0.5) is 5.69 Å². The van der Waals surface area contributed by atoms with Gasteiger partial charge in [-0.25, -0.2) is 4.98 Å². The number of rotatable bonds is 3. The van der Waals surface area contributed by atoms with Crippen LogP contribution in [0.1, 0.15) is 5.56 Å². The van der Waals surface area contributed by atoms with E-state index in [0.29, 0.717) is 6.41 Å². The molecule has 2 aromatic carbocycles. The minimum Gasteiger partial charge on any atom is -0.329 e. The number of nitrogens with one attached hydrogen (secondary N) is 1. The SMILES string of the molecule is Cc1ccc(-c2nc3cc(NC=O)ccc3s2)cc1. The van der Waals surface area contributed by atoms with E-state index in [1.807, 2.05) is 18.2 Å². The fourth-order valence-corrected chi connectivity index (χ4v) is 2.86. The van der Waals surface area contributed by atoms with Crippen LogP contribution in [-0.4, -0.2) is 11.4 Å². The van der Waals surface area contributed by atoms with Crippen molar-refractivity contribution in [2.75, 3.05) is 5.32 Å². The summed E-state index contributed by atoms with van der Waals surface area (Å²) in [6.07, 6.45) is 0.675. The average molecular weight is 268 g/mol. The van der Waals surface area contributed by atoms with Crippen LogP contribution in [0, 0.1) is 6.92 Å². The lowest BCUT2D eigenvalue weighted by molar-refractivity contribution is -0.105. The van der Waals surface area contributed by atoms with Crippen molar-refractivity contribution in [1.82, 2.24) is 4.98 Å². The van der Waals surface area contributed by atoms with Gasteiger partial charge in [-0.1, -0.05) is 29.8 Å². The summed E-state index contributed by atoms with van der Waals surface area (Å²) in [5, 5.41) is 3.64. The van der Waals surface area contributed by atoms with Gasteiger partial charge in [0.25, 0.3) is 0 Å². The number of anilines is 1. The second kappa shape index (κ2) is 4.82. The largest absolute Gasteiger partial charge is 0.329 e. The Balaban J connectivity index is 2.05. The van der Waals surface area contributed by atoms with Gasteiger partial charge in [0, 0.05) is 11.3 Å². The normalized spacial score (nSPS) is 10.6. The second-order valence-electron chi connectivity index (χ2n) is 4.33. The Hall–Kier alpha value is -2.20. The van der Waals surface area contributed by atoms with Gasteiger partial charge in [0.15, 0.2) is 0 Å². The van der Waals surface area contributed by atoms with Crippen molar-refractivity contribution in [3.8, 4) is 10.6 Å². The fourth-order valence-electron chi connectivity index (χ4n) is 1.90. The number of benzene rings is 2. The van der Waals surface area contributed by atoms with E-state index in [1.54, 1.807) is 11.3 Å². The molecule has 4 heteroatoms. The third-order valence-electron chi connectivity index (χ3n) is 2.91. The summed E-state index contributed by atoms with van der Waals surface area (Å²) in [5.74, 6) is 0. The second-order valence-corrected chi connectivity index (χ2v) is 5.36. The van der Waals surface area contributed by atoms with Crippen LogP contribution in [0.15, 0.2) is 42.5 Å². The molecule has 0 spiro atoms. The molecule has 0 aliphatic carbocycles. The van der Waals surface area contributed by atoms with Gasteiger partial charge in [-0.2, -0.15) is 0 Å². The molecule has 3 rings (SSSR count). The lowest BCUT2D eigenvalue weighted by atomic mass is 10.2. The molecule has 0 fully saturated rings. The van der Waals surface area contributed by atoms with Crippen LogP contribution in [-0.2, 0) is 4.79 Å². The first-order chi connectivity index (χ1) is 9.26. The molecule has 0 aliphatic rings. The zero-order chi connectivity index (χ0) is 13.2. The van der Waals surface area contributed by atoms with Crippen molar-refractivity contribution in [1.29, 1.82) is 0 Å². The van der Waals surface area contributed by atoms with Crippen LogP contribution >= 0.6 is 11.3 Å². The molecule has 3 nitrogen and oxygen atoms in total. The van der Waals surface area contributed by atoms with Crippen molar-refractivity contribution < 1.29 is 4.79 Å². The first-order valence-electron chi connectivity index (χ1n) is 5.94. The van der Waals surface area contributed by atoms with Gasteiger partial charge in [-0.3, -0.25) is 4.79 Å². The number of hydrogen-bond acceptors (Lipinski definition) is 3. The maximum atomic E-state index is 10.4. The molecule has 1 amide bonds. The fraction of sp³-hybridized carbons (Fsp3) is 0.0667. The topological polar surface area (TPSA) is 42.0 Å². The number of nitrogens with zero attached hydrogens (tertiary/aromatic N) is 1. The van der Waals surface area contributed by atoms with Crippen molar-refractivity contribution in [3.63, 3.8) is 0 Å². The Bertz CT molecular complexity index is 731. The molecule has 0 unspecified atom stereocenters. The van der Waals surface area contributed by atoms with Gasteiger partial charge in [0.1, 0.15) is 5.01 Å². The third-order valence-corrected chi connectivity index (χ3v) is 4.00. The number of aromatic nitrogens is 1. The molecule has 1 aromatic heterocycles. The van der Waals surface area contributed by atoms with E-state index in [-0.39, 0.29) is 0 Å². The van der Waals surface area contributed by atoms with E-state index in [1.165, 1.54) is 5.56 Å². The number of carbonyl (C=O) groups excluding carboxylic acids is 1. The van der Waals surface area contributed by atoms with E-state index in [2.05, 4.69) is 41.5 Å². The highest BCUT2D eigenvalue weighted by Crippen LogP contribution is 2.31. The van der Waals surface area contributed by atoms with E-state index >= 15 is 0 Å². The molecule has 19 heavy (non-hydrogen) atoms.